The van der Waals surface area contributed by atoms with Gasteiger partial charge in [0.1, 0.15) is 0 Å². The minimum atomic E-state index is -4.54. The van der Waals surface area contributed by atoms with Gasteiger partial charge in [0.05, 0.1) is 0 Å². The van der Waals surface area contributed by atoms with Crippen molar-refractivity contribution in [3.8, 4) is 0 Å². The molecule has 0 aliphatic heterocycles. The minimum absolute atomic E-state index is 0.570. The summed E-state index contributed by atoms with van der Waals surface area (Å²) >= 11 is 0. The van der Waals surface area contributed by atoms with E-state index in [0.29, 0.717) is 6.08 Å². The molecule has 0 aliphatic rings. The minimum Gasteiger partial charge on any atom is -0.322 e. The SMILES string of the molecule is C=CC(F)P(=O)(O)O. The van der Waals surface area contributed by atoms with Crippen LogP contribution in [0.3, 0.4) is 0 Å². The van der Waals surface area contributed by atoms with Gasteiger partial charge in [-0.15, -0.1) is 0 Å². The molecule has 0 rings (SSSR count). The number of allylic oxidation sites excluding steroid dienone is 1. The summed E-state index contributed by atoms with van der Waals surface area (Å²) in [4.78, 5) is 15.9. The zero-order chi connectivity index (χ0) is 6.78. The van der Waals surface area contributed by atoms with Crippen molar-refractivity contribution >= 4 is 7.60 Å². The summed E-state index contributed by atoms with van der Waals surface area (Å²) in [7, 11) is -4.54. The van der Waals surface area contributed by atoms with Crippen molar-refractivity contribution in [3.63, 3.8) is 0 Å². The molecule has 0 aromatic heterocycles. The number of alkyl halides is 1. The first kappa shape index (κ1) is 7.82. The van der Waals surface area contributed by atoms with Gasteiger partial charge in [0.25, 0.3) is 0 Å². The van der Waals surface area contributed by atoms with Crippen LogP contribution in [0.1, 0.15) is 0 Å². The molecule has 3 nitrogen and oxygen atoms in total. The van der Waals surface area contributed by atoms with Gasteiger partial charge in [-0.25, -0.2) is 4.39 Å². The maximum atomic E-state index is 11.8. The average Bonchev–Trinajstić information content (AvgIpc) is 1.62. The summed E-state index contributed by atoms with van der Waals surface area (Å²) in [6.45, 7) is 2.86. The molecule has 1 unspecified atom stereocenters. The molecule has 0 aromatic rings. The van der Waals surface area contributed by atoms with Crippen molar-refractivity contribution in [2.45, 2.75) is 5.91 Å². The monoisotopic (exact) mass is 140 g/mol. The fourth-order valence-electron chi connectivity index (χ4n) is 0.137. The summed E-state index contributed by atoms with van der Waals surface area (Å²) in [5.74, 6) is -2.22. The van der Waals surface area contributed by atoms with Crippen molar-refractivity contribution in [1.82, 2.24) is 0 Å². The second-order valence-electron chi connectivity index (χ2n) is 1.20. The van der Waals surface area contributed by atoms with Crippen LogP contribution in [0.25, 0.3) is 0 Å². The first-order chi connectivity index (χ1) is 3.48. The third kappa shape index (κ3) is 2.21. The molecule has 0 amide bonds. The number of hydrogen-bond donors (Lipinski definition) is 2. The van der Waals surface area contributed by atoms with E-state index in [4.69, 9.17) is 9.79 Å². The lowest BCUT2D eigenvalue weighted by Gasteiger charge is -2.02. The lowest BCUT2D eigenvalue weighted by molar-refractivity contribution is 0.323. The second kappa shape index (κ2) is 2.40. The molecule has 0 fully saturated rings. The van der Waals surface area contributed by atoms with E-state index >= 15 is 0 Å². The number of rotatable bonds is 2. The van der Waals surface area contributed by atoms with Crippen LogP contribution >= 0.6 is 7.60 Å². The van der Waals surface area contributed by atoms with Gasteiger partial charge in [0.15, 0.2) is 0 Å². The van der Waals surface area contributed by atoms with E-state index < -0.39 is 13.5 Å². The van der Waals surface area contributed by atoms with Gasteiger partial charge >= 0.3 is 7.60 Å². The van der Waals surface area contributed by atoms with E-state index in [1.165, 1.54) is 0 Å². The van der Waals surface area contributed by atoms with Crippen molar-refractivity contribution in [3.05, 3.63) is 12.7 Å². The van der Waals surface area contributed by atoms with Crippen molar-refractivity contribution < 1.29 is 18.7 Å². The smallest absolute Gasteiger partial charge is 0.322 e. The Morgan fingerprint density at radius 3 is 2.12 bits per heavy atom. The zero-order valence-electron chi connectivity index (χ0n) is 3.99. The molecule has 1 atom stereocenters. The highest BCUT2D eigenvalue weighted by atomic mass is 31.2. The highest BCUT2D eigenvalue weighted by molar-refractivity contribution is 7.52. The summed E-state index contributed by atoms with van der Waals surface area (Å²) in [5, 5.41) is 0. The van der Waals surface area contributed by atoms with Gasteiger partial charge in [-0.2, -0.15) is 0 Å². The molecule has 0 saturated heterocycles. The van der Waals surface area contributed by atoms with Gasteiger partial charge in [0.2, 0.25) is 5.91 Å². The van der Waals surface area contributed by atoms with Crippen molar-refractivity contribution in [2.75, 3.05) is 0 Å². The molecule has 48 valence electrons. The molecule has 5 heteroatoms. The van der Waals surface area contributed by atoms with Crippen LogP contribution in [0.5, 0.6) is 0 Å². The van der Waals surface area contributed by atoms with Crippen molar-refractivity contribution in [2.24, 2.45) is 0 Å². The van der Waals surface area contributed by atoms with Gasteiger partial charge in [-0.1, -0.05) is 6.58 Å². The summed E-state index contributed by atoms with van der Waals surface area (Å²) < 4.78 is 21.6. The highest BCUT2D eigenvalue weighted by Crippen LogP contribution is 2.42. The van der Waals surface area contributed by atoms with E-state index in [2.05, 4.69) is 6.58 Å². The first-order valence-electron chi connectivity index (χ1n) is 1.80. The Labute approximate surface area is 46.0 Å². The maximum absolute atomic E-state index is 11.8. The molecule has 0 bridgehead atoms. The van der Waals surface area contributed by atoms with Gasteiger partial charge < -0.3 is 9.79 Å². The Morgan fingerprint density at radius 2 is 2.12 bits per heavy atom. The van der Waals surface area contributed by atoms with Crippen LogP contribution in [0.4, 0.5) is 4.39 Å². The lowest BCUT2D eigenvalue weighted by Crippen LogP contribution is -1.93. The Bertz CT molecular complexity index is 128. The third-order valence-corrected chi connectivity index (χ3v) is 1.37. The van der Waals surface area contributed by atoms with E-state index in [9.17, 15) is 8.96 Å². The Morgan fingerprint density at radius 1 is 1.75 bits per heavy atom. The predicted molar refractivity (Wildman–Crippen MR) is 27.1 cm³/mol. The van der Waals surface area contributed by atoms with Crippen LogP contribution < -0.4 is 0 Å². The normalized spacial score (nSPS) is 15.4. The molecule has 8 heavy (non-hydrogen) atoms. The Kier molecular flexibility index (Phi) is 2.34. The molecule has 0 radical (unpaired) electrons. The topological polar surface area (TPSA) is 57.5 Å². The highest BCUT2D eigenvalue weighted by Gasteiger charge is 2.24. The largest absolute Gasteiger partial charge is 0.363 e. The summed E-state index contributed by atoms with van der Waals surface area (Å²) in [5.41, 5.74) is 0. The average molecular weight is 140 g/mol. The fourth-order valence-corrected chi connectivity index (χ4v) is 0.412. The molecule has 0 heterocycles. The van der Waals surface area contributed by atoms with Gasteiger partial charge in [0, 0.05) is 0 Å². The predicted octanol–water partition coefficient (Wildman–Crippen LogP) is 0.646. The van der Waals surface area contributed by atoms with Crippen LogP contribution in [0, 0.1) is 0 Å². The van der Waals surface area contributed by atoms with E-state index in [0.717, 1.165) is 0 Å². The molecule has 0 aromatic carbocycles. The van der Waals surface area contributed by atoms with E-state index in [1.54, 1.807) is 0 Å². The van der Waals surface area contributed by atoms with E-state index in [1.807, 2.05) is 0 Å². The van der Waals surface area contributed by atoms with E-state index in [-0.39, 0.29) is 0 Å². The quantitative estimate of drug-likeness (QED) is 0.437. The standard InChI is InChI=1S/C3H6FO3P/c1-2-3(4)8(5,6)7/h2-3H,1H2,(H2,5,6,7). The van der Waals surface area contributed by atoms with Crippen LogP contribution in [-0.4, -0.2) is 15.7 Å². The molecule has 2 N–H and O–H groups in total. The Balaban J connectivity index is 4.02. The number of halogens is 1. The molecule has 0 saturated carbocycles. The Hall–Kier alpha value is -0.180. The fraction of sp³-hybridized carbons (Fsp3) is 0.333. The van der Waals surface area contributed by atoms with Crippen LogP contribution in [0.15, 0.2) is 12.7 Å². The lowest BCUT2D eigenvalue weighted by atomic mass is 10.7. The van der Waals surface area contributed by atoms with Gasteiger partial charge in [-0.05, 0) is 6.08 Å². The second-order valence-corrected chi connectivity index (χ2v) is 2.87. The van der Waals surface area contributed by atoms with Crippen molar-refractivity contribution in [1.29, 1.82) is 0 Å². The summed E-state index contributed by atoms with van der Waals surface area (Å²) in [6, 6.07) is 0. The number of hydrogen-bond acceptors (Lipinski definition) is 1. The molecule has 0 aliphatic carbocycles. The first-order valence-corrected chi connectivity index (χ1v) is 3.48. The zero-order valence-corrected chi connectivity index (χ0v) is 4.88. The molecular weight excluding hydrogens is 134 g/mol. The molecule has 0 spiro atoms. The third-order valence-electron chi connectivity index (χ3n) is 0.516. The van der Waals surface area contributed by atoms with Crippen LogP contribution in [0.2, 0.25) is 0 Å². The molecular formula is C3H6FO3P. The summed E-state index contributed by atoms with van der Waals surface area (Å²) in [6.07, 6.45) is 0.570. The van der Waals surface area contributed by atoms with Gasteiger partial charge in [-0.3, -0.25) is 4.57 Å². The maximum Gasteiger partial charge on any atom is 0.363 e. The van der Waals surface area contributed by atoms with Crippen LogP contribution in [-0.2, 0) is 4.57 Å².